The van der Waals surface area contributed by atoms with Gasteiger partial charge in [-0.05, 0) is 11.6 Å². The molecule has 6 heteroatoms. The van der Waals surface area contributed by atoms with Gasteiger partial charge < -0.3 is 15.7 Å². The number of rotatable bonds is 3. The lowest BCUT2D eigenvalue weighted by Gasteiger charge is -2.20. The van der Waals surface area contributed by atoms with Crippen molar-refractivity contribution in [1.82, 2.24) is 4.90 Å². The monoisotopic (exact) mass is 262 g/mol. The van der Waals surface area contributed by atoms with Crippen LogP contribution in [0, 0.1) is 0 Å². The average molecular weight is 263 g/mol. The largest absolute Gasteiger partial charge is 0.465 e. The SMILES string of the molecule is CN(CC(N)c1cccc(Cl)c1Cl)C(=O)O. The Labute approximate surface area is 104 Å². The van der Waals surface area contributed by atoms with Crippen molar-refractivity contribution in [2.24, 2.45) is 5.73 Å². The number of likely N-dealkylation sites (N-methyl/N-ethyl adjacent to an activating group) is 1. The van der Waals surface area contributed by atoms with Crippen LogP contribution in [-0.2, 0) is 0 Å². The summed E-state index contributed by atoms with van der Waals surface area (Å²) in [4.78, 5) is 11.7. The number of nitrogens with zero attached hydrogens (tertiary/aromatic N) is 1. The molecule has 0 fully saturated rings. The van der Waals surface area contributed by atoms with Crippen molar-refractivity contribution >= 4 is 29.3 Å². The Bertz CT molecular complexity index is 398. The third-order valence-electron chi connectivity index (χ3n) is 2.18. The van der Waals surface area contributed by atoms with Gasteiger partial charge in [-0.2, -0.15) is 0 Å². The zero-order chi connectivity index (χ0) is 12.3. The summed E-state index contributed by atoms with van der Waals surface area (Å²) in [5.74, 6) is 0. The zero-order valence-electron chi connectivity index (χ0n) is 8.65. The highest BCUT2D eigenvalue weighted by molar-refractivity contribution is 6.42. The van der Waals surface area contributed by atoms with E-state index in [0.717, 1.165) is 4.90 Å². The summed E-state index contributed by atoms with van der Waals surface area (Å²) in [5.41, 5.74) is 6.50. The van der Waals surface area contributed by atoms with Crippen LogP contribution in [0.2, 0.25) is 10.0 Å². The maximum atomic E-state index is 10.6. The van der Waals surface area contributed by atoms with Crippen LogP contribution in [0.25, 0.3) is 0 Å². The predicted molar refractivity (Wildman–Crippen MR) is 64.0 cm³/mol. The Balaban J connectivity index is 2.84. The molecule has 88 valence electrons. The van der Waals surface area contributed by atoms with Crippen LogP contribution < -0.4 is 5.73 Å². The fraction of sp³-hybridized carbons (Fsp3) is 0.300. The van der Waals surface area contributed by atoms with Gasteiger partial charge in [0.05, 0.1) is 10.0 Å². The highest BCUT2D eigenvalue weighted by Gasteiger charge is 2.16. The number of benzene rings is 1. The number of carbonyl (C=O) groups is 1. The van der Waals surface area contributed by atoms with E-state index in [1.54, 1.807) is 18.2 Å². The first-order valence-corrected chi connectivity index (χ1v) is 5.32. The van der Waals surface area contributed by atoms with E-state index in [2.05, 4.69) is 0 Å². The first-order chi connectivity index (χ1) is 7.43. The van der Waals surface area contributed by atoms with Crippen LogP contribution in [-0.4, -0.2) is 29.7 Å². The quantitative estimate of drug-likeness (QED) is 0.880. The van der Waals surface area contributed by atoms with E-state index in [1.807, 2.05) is 0 Å². The van der Waals surface area contributed by atoms with E-state index < -0.39 is 12.1 Å². The second-order valence-electron chi connectivity index (χ2n) is 3.41. The number of hydrogen-bond donors (Lipinski definition) is 2. The van der Waals surface area contributed by atoms with Crippen LogP contribution >= 0.6 is 23.2 Å². The molecular weight excluding hydrogens is 251 g/mol. The molecule has 1 amide bonds. The van der Waals surface area contributed by atoms with E-state index in [1.165, 1.54) is 7.05 Å². The Kier molecular flexibility index (Phi) is 4.41. The van der Waals surface area contributed by atoms with Gasteiger partial charge in [0.1, 0.15) is 0 Å². The Morgan fingerprint density at radius 3 is 2.75 bits per heavy atom. The lowest BCUT2D eigenvalue weighted by Crippen LogP contribution is -2.33. The molecule has 0 aromatic heterocycles. The highest BCUT2D eigenvalue weighted by atomic mass is 35.5. The minimum Gasteiger partial charge on any atom is -0.465 e. The summed E-state index contributed by atoms with van der Waals surface area (Å²) in [6, 6.07) is 4.62. The second kappa shape index (κ2) is 5.39. The summed E-state index contributed by atoms with van der Waals surface area (Å²) in [5, 5.41) is 9.49. The van der Waals surface area contributed by atoms with Crippen LogP contribution in [0.3, 0.4) is 0 Å². The molecule has 1 rings (SSSR count). The molecule has 0 heterocycles. The highest BCUT2D eigenvalue weighted by Crippen LogP contribution is 2.29. The average Bonchev–Trinajstić information content (AvgIpc) is 2.21. The van der Waals surface area contributed by atoms with Gasteiger partial charge in [0, 0.05) is 19.6 Å². The van der Waals surface area contributed by atoms with Gasteiger partial charge >= 0.3 is 6.09 Å². The summed E-state index contributed by atoms with van der Waals surface area (Å²) in [6.45, 7) is 0.162. The van der Waals surface area contributed by atoms with Crippen LogP contribution in [0.1, 0.15) is 11.6 Å². The first-order valence-electron chi connectivity index (χ1n) is 4.57. The molecule has 0 aliphatic carbocycles. The molecule has 0 radical (unpaired) electrons. The first kappa shape index (κ1) is 13.1. The summed E-state index contributed by atoms with van der Waals surface area (Å²) in [7, 11) is 1.45. The van der Waals surface area contributed by atoms with E-state index in [9.17, 15) is 4.79 Å². The number of amides is 1. The number of nitrogens with two attached hydrogens (primary N) is 1. The van der Waals surface area contributed by atoms with Gasteiger partial charge in [-0.15, -0.1) is 0 Å². The third-order valence-corrected chi connectivity index (χ3v) is 3.01. The summed E-state index contributed by atoms with van der Waals surface area (Å²) < 4.78 is 0. The number of hydrogen-bond acceptors (Lipinski definition) is 2. The van der Waals surface area contributed by atoms with Gasteiger partial charge in [-0.25, -0.2) is 4.79 Å². The Morgan fingerprint density at radius 1 is 1.56 bits per heavy atom. The smallest absolute Gasteiger partial charge is 0.407 e. The van der Waals surface area contributed by atoms with Gasteiger partial charge in [-0.1, -0.05) is 35.3 Å². The van der Waals surface area contributed by atoms with Crippen molar-refractivity contribution in [3.8, 4) is 0 Å². The van der Waals surface area contributed by atoms with Gasteiger partial charge in [0.15, 0.2) is 0 Å². The van der Waals surface area contributed by atoms with E-state index >= 15 is 0 Å². The molecule has 1 atom stereocenters. The van der Waals surface area contributed by atoms with Gasteiger partial charge in [0.2, 0.25) is 0 Å². The minimum atomic E-state index is -1.03. The molecule has 16 heavy (non-hydrogen) atoms. The van der Waals surface area contributed by atoms with Gasteiger partial charge in [0.25, 0.3) is 0 Å². The molecular formula is C10H12Cl2N2O2. The van der Waals surface area contributed by atoms with E-state index in [-0.39, 0.29) is 6.54 Å². The van der Waals surface area contributed by atoms with Gasteiger partial charge in [-0.3, -0.25) is 0 Å². The standard InChI is InChI=1S/C10H12Cl2N2O2/c1-14(10(15)16)5-8(13)6-3-2-4-7(11)9(6)12/h2-4,8H,5,13H2,1H3,(H,15,16). The molecule has 1 aromatic rings. The van der Waals surface area contributed by atoms with Crippen molar-refractivity contribution in [2.45, 2.75) is 6.04 Å². The van der Waals surface area contributed by atoms with Crippen molar-refractivity contribution in [3.63, 3.8) is 0 Å². The topological polar surface area (TPSA) is 66.6 Å². The normalized spacial score (nSPS) is 12.2. The maximum absolute atomic E-state index is 10.6. The van der Waals surface area contributed by atoms with Crippen molar-refractivity contribution in [3.05, 3.63) is 33.8 Å². The van der Waals surface area contributed by atoms with Crippen LogP contribution in [0.5, 0.6) is 0 Å². The lowest BCUT2D eigenvalue weighted by molar-refractivity contribution is 0.153. The summed E-state index contributed by atoms with van der Waals surface area (Å²) in [6.07, 6.45) is -1.03. The molecule has 0 aliphatic heterocycles. The molecule has 3 N–H and O–H groups in total. The molecule has 1 unspecified atom stereocenters. The number of carboxylic acid groups (broad SMARTS) is 1. The molecule has 4 nitrogen and oxygen atoms in total. The lowest BCUT2D eigenvalue weighted by atomic mass is 10.1. The fourth-order valence-electron chi connectivity index (χ4n) is 1.28. The van der Waals surface area contributed by atoms with Crippen molar-refractivity contribution in [2.75, 3.05) is 13.6 Å². The molecule has 0 bridgehead atoms. The molecule has 0 aliphatic rings. The zero-order valence-corrected chi connectivity index (χ0v) is 10.2. The van der Waals surface area contributed by atoms with Crippen molar-refractivity contribution < 1.29 is 9.90 Å². The molecule has 0 spiro atoms. The molecule has 0 saturated heterocycles. The Morgan fingerprint density at radius 2 is 2.19 bits per heavy atom. The predicted octanol–water partition coefficient (Wildman–Crippen LogP) is 2.60. The van der Waals surface area contributed by atoms with Crippen molar-refractivity contribution in [1.29, 1.82) is 0 Å². The summed E-state index contributed by atoms with van der Waals surface area (Å²) >= 11 is 11.8. The number of halogens is 2. The third kappa shape index (κ3) is 3.01. The Hall–Kier alpha value is -0.970. The molecule has 0 saturated carbocycles. The van der Waals surface area contributed by atoms with E-state index in [4.69, 9.17) is 34.0 Å². The fourth-order valence-corrected chi connectivity index (χ4v) is 1.73. The van der Waals surface area contributed by atoms with E-state index in [0.29, 0.717) is 15.6 Å². The maximum Gasteiger partial charge on any atom is 0.407 e. The second-order valence-corrected chi connectivity index (χ2v) is 4.20. The van der Waals surface area contributed by atoms with Crippen LogP contribution in [0.4, 0.5) is 4.79 Å². The van der Waals surface area contributed by atoms with Crippen LogP contribution in [0.15, 0.2) is 18.2 Å². The minimum absolute atomic E-state index is 0.162. The molecule has 1 aromatic carbocycles.